The molecule has 4 heteroatoms. The number of rotatable bonds is 6. The van der Waals surface area contributed by atoms with Crippen LogP contribution in [-0.2, 0) is 0 Å². The first-order valence-electron chi connectivity index (χ1n) is 13.7. The van der Waals surface area contributed by atoms with Gasteiger partial charge in [0.1, 0.15) is 11.5 Å². The van der Waals surface area contributed by atoms with Crippen LogP contribution in [0.1, 0.15) is 31.8 Å². The van der Waals surface area contributed by atoms with Crippen LogP contribution in [0.2, 0.25) is 0 Å². The Morgan fingerprint density at radius 2 is 0.810 bits per heavy atom. The third-order valence-electron chi connectivity index (χ3n) is 7.38. The number of ketones is 2. The Kier molecular flexibility index (Phi) is 6.42. The Morgan fingerprint density at radius 3 is 1.36 bits per heavy atom. The van der Waals surface area contributed by atoms with Crippen LogP contribution in [0.4, 0.5) is 0 Å². The molecule has 0 fully saturated rings. The van der Waals surface area contributed by atoms with Crippen molar-refractivity contribution in [2.75, 3.05) is 0 Å². The smallest absolute Gasteiger partial charge is 0.198 e. The molecular weight excluding hydrogens is 520 g/mol. The van der Waals surface area contributed by atoms with E-state index in [1.807, 2.05) is 97.1 Å². The maximum absolute atomic E-state index is 13.8. The van der Waals surface area contributed by atoms with Gasteiger partial charge in [0.25, 0.3) is 0 Å². The van der Waals surface area contributed by atoms with E-state index in [9.17, 15) is 9.59 Å². The third kappa shape index (κ3) is 4.65. The summed E-state index contributed by atoms with van der Waals surface area (Å²) >= 11 is 0. The van der Waals surface area contributed by atoms with Crippen molar-refractivity contribution in [3.8, 4) is 45.3 Å². The summed E-state index contributed by atoms with van der Waals surface area (Å²) in [6.45, 7) is 0. The SMILES string of the molecule is O=C1c2ccccc2C(=O)c2c1ccc(Oc1ccc(-c3ccccc3)cc1)c2Oc1ccc(-c2ccccc2)cc1. The molecule has 0 radical (unpaired) electrons. The molecule has 0 unspecified atom stereocenters. The molecule has 0 saturated carbocycles. The van der Waals surface area contributed by atoms with Crippen LogP contribution in [-0.4, -0.2) is 11.6 Å². The molecule has 0 bridgehead atoms. The lowest BCUT2D eigenvalue weighted by Crippen LogP contribution is -2.21. The Hall–Kier alpha value is -5.74. The molecule has 200 valence electrons. The van der Waals surface area contributed by atoms with Gasteiger partial charge in [0.05, 0.1) is 5.56 Å². The van der Waals surface area contributed by atoms with Crippen LogP contribution in [0.25, 0.3) is 22.3 Å². The minimum Gasteiger partial charge on any atom is -0.453 e. The Balaban J connectivity index is 1.28. The first kappa shape index (κ1) is 25.2. The van der Waals surface area contributed by atoms with Crippen molar-refractivity contribution in [2.24, 2.45) is 0 Å². The molecule has 0 N–H and O–H groups in total. The highest BCUT2D eigenvalue weighted by Gasteiger charge is 2.34. The Bertz CT molecular complexity index is 1920. The van der Waals surface area contributed by atoms with Gasteiger partial charge >= 0.3 is 0 Å². The average Bonchev–Trinajstić information content (AvgIpc) is 3.06. The molecule has 0 atom stereocenters. The summed E-state index contributed by atoms with van der Waals surface area (Å²) in [6, 6.07) is 45.7. The molecule has 1 aliphatic rings. The monoisotopic (exact) mass is 544 g/mol. The van der Waals surface area contributed by atoms with Gasteiger partial charge < -0.3 is 9.47 Å². The van der Waals surface area contributed by atoms with Crippen LogP contribution in [0.3, 0.4) is 0 Å². The van der Waals surface area contributed by atoms with Crippen molar-refractivity contribution in [2.45, 2.75) is 0 Å². The number of hydrogen-bond acceptors (Lipinski definition) is 4. The highest BCUT2D eigenvalue weighted by molar-refractivity contribution is 6.29. The topological polar surface area (TPSA) is 52.6 Å². The second-order valence-electron chi connectivity index (χ2n) is 10.0. The van der Waals surface area contributed by atoms with Crippen LogP contribution >= 0.6 is 0 Å². The van der Waals surface area contributed by atoms with E-state index in [-0.39, 0.29) is 22.9 Å². The lowest BCUT2D eigenvalue weighted by atomic mass is 9.83. The van der Waals surface area contributed by atoms with Gasteiger partial charge in [-0.1, -0.05) is 109 Å². The molecule has 0 heterocycles. The predicted octanol–water partition coefficient (Wildman–Crippen LogP) is 9.38. The van der Waals surface area contributed by atoms with Crippen LogP contribution in [0.15, 0.2) is 146 Å². The fourth-order valence-corrected chi connectivity index (χ4v) is 5.26. The standard InChI is InChI=1S/C38H24O4/c39-36-31-13-7-8-14-32(31)37(40)35-33(36)23-24-34(41-29-19-15-27(16-20-29)25-9-3-1-4-10-25)38(35)42-30-21-17-28(18-22-30)26-11-5-2-6-12-26/h1-24H. The molecular formula is C38H24O4. The van der Waals surface area contributed by atoms with E-state index >= 15 is 0 Å². The van der Waals surface area contributed by atoms with E-state index in [0.717, 1.165) is 22.3 Å². The summed E-state index contributed by atoms with van der Waals surface area (Å²) in [5.41, 5.74) is 5.51. The molecule has 7 rings (SSSR count). The number of fused-ring (bicyclic) bond motifs is 2. The largest absolute Gasteiger partial charge is 0.453 e. The number of carbonyl (C=O) groups excluding carboxylic acids is 2. The first-order chi connectivity index (χ1) is 20.7. The quantitative estimate of drug-likeness (QED) is 0.209. The zero-order valence-corrected chi connectivity index (χ0v) is 22.5. The fraction of sp³-hybridized carbons (Fsp3) is 0. The minimum absolute atomic E-state index is 0.198. The average molecular weight is 545 g/mol. The summed E-state index contributed by atoms with van der Waals surface area (Å²) in [6.07, 6.45) is 0. The minimum atomic E-state index is -0.277. The van der Waals surface area contributed by atoms with Crippen LogP contribution < -0.4 is 9.47 Å². The first-order valence-corrected chi connectivity index (χ1v) is 13.7. The van der Waals surface area contributed by atoms with E-state index in [1.165, 1.54) is 0 Å². The number of benzene rings is 6. The Morgan fingerprint density at radius 1 is 0.357 bits per heavy atom. The summed E-state index contributed by atoms with van der Waals surface area (Å²) < 4.78 is 12.7. The normalized spacial score (nSPS) is 11.9. The second kappa shape index (κ2) is 10.7. The lowest BCUT2D eigenvalue weighted by Gasteiger charge is -2.22. The van der Waals surface area contributed by atoms with Gasteiger partial charge in [0, 0.05) is 16.7 Å². The van der Waals surface area contributed by atoms with Gasteiger partial charge in [0.15, 0.2) is 23.1 Å². The molecule has 0 aliphatic heterocycles. The van der Waals surface area contributed by atoms with E-state index in [0.29, 0.717) is 33.9 Å². The van der Waals surface area contributed by atoms with Crippen LogP contribution in [0, 0.1) is 0 Å². The molecule has 4 nitrogen and oxygen atoms in total. The third-order valence-corrected chi connectivity index (χ3v) is 7.38. The summed E-state index contributed by atoms with van der Waals surface area (Å²) in [4.78, 5) is 27.3. The molecule has 1 aliphatic carbocycles. The highest BCUT2D eigenvalue weighted by atomic mass is 16.5. The molecule has 0 amide bonds. The number of ether oxygens (including phenoxy) is 2. The molecule has 0 aromatic heterocycles. The van der Waals surface area contributed by atoms with E-state index in [4.69, 9.17) is 9.47 Å². The summed E-state index contributed by atoms with van der Waals surface area (Å²) in [7, 11) is 0. The fourth-order valence-electron chi connectivity index (χ4n) is 5.26. The van der Waals surface area contributed by atoms with Gasteiger partial charge in [-0.2, -0.15) is 0 Å². The summed E-state index contributed by atoms with van der Waals surface area (Å²) in [5, 5.41) is 0. The molecule has 0 saturated heterocycles. The zero-order chi connectivity index (χ0) is 28.5. The predicted molar refractivity (Wildman–Crippen MR) is 164 cm³/mol. The number of carbonyl (C=O) groups is 2. The van der Waals surface area contributed by atoms with Crippen molar-refractivity contribution in [1.82, 2.24) is 0 Å². The van der Waals surface area contributed by atoms with Crippen molar-refractivity contribution < 1.29 is 19.1 Å². The zero-order valence-electron chi connectivity index (χ0n) is 22.5. The van der Waals surface area contributed by atoms with Crippen molar-refractivity contribution in [3.63, 3.8) is 0 Å². The van der Waals surface area contributed by atoms with E-state index < -0.39 is 0 Å². The van der Waals surface area contributed by atoms with Gasteiger partial charge in [-0.05, 0) is 58.7 Å². The molecule has 0 spiro atoms. The lowest BCUT2D eigenvalue weighted by molar-refractivity contribution is 0.0976. The maximum Gasteiger partial charge on any atom is 0.198 e. The molecule has 6 aromatic rings. The highest BCUT2D eigenvalue weighted by Crippen LogP contribution is 2.43. The van der Waals surface area contributed by atoms with Crippen LogP contribution in [0.5, 0.6) is 23.0 Å². The van der Waals surface area contributed by atoms with E-state index in [1.54, 1.807) is 36.4 Å². The van der Waals surface area contributed by atoms with E-state index in [2.05, 4.69) is 12.1 Å². The van der Waals surface area contributed by atoms with Gasteiger partial charge in [-0.25, -0.2) is 0 Å². The second-order valence-corrected chi connectivity index (χ2v) is 10.0. The van der Waals surface area contributed by atoms with Crippen molar-refractivity contribution in [3.05, 3.63) is 168 Å². The molecule has 42 heavy (non-hydrogen) atoms. The van der Waals surface area contributed by atoms with Crippen molar-refractivity contribution >= 4 is 11.6 Å². The van der Waals surface area contributed by atoms with Gasteiger partial charge in [-0.3, -0.25) is 9.59 Å². The molecule has 6 aromatic carbocycles. The summed E-state index contributed by atoms with van der Waals surface area (Å²) in [5.74, 6) is 1.15. The van der Waals surface area contributed by atoms with Gasteiger partial charge in [-0.15, -0.1) is 0 Å². The number of hydrogen-bond donors (Lipinski definition) is 0. The maximum atomic E-state index is 13.8. The van der Waals surface area contributed by atoms with Crippen molar-refractivity contribution in [1.29, 1.82) is 0 Å². The van der Waals surface area contributed by atoms with Gasteiger partial charge in [0.2, 0.25) is 0 Å². The Labute approximate surface area is 243 Å².